The minimum atomic E-state index is -0.865. The lowest BCUT2D eigenvalue weighted by molar-refractivity contribution is 0.0697. The van der Waals surface area contributed by atoms with Gasteiger partial charge in [0.1, 0.15) is 0 Å². The molecule has 116 valence electrons. The summed E-state index contributed by atoms with van der Waals surface area (Å²) in [7, 11) is 4.32. The molecule has 4 nitrogen and oxygen atoms in total. The summed E-state index contributed by atoms with van der Waals surface area (Å²) in [4.78, 5) is 15.7. The van der Waals surface area contributed by atoms with Crippen LogP contribution in [0.3, 0.4) is 0 Å². The van der Waals surface area contributed by atoms with Crippen LogP contribution in [0.2, 0.25) is 0 Å². The van der Waals surface area contributed by atoms with Crippen LogP contribution in [0.4, 0.5) is 0 Å². The zero-order valence-electron chi connectivity index (χ0n) is 13.4. The average molecular weight is 290 g/mol. The molecule has 2 atom stereocenters. The minimum Gasteiger partial charge on any atom is -0.478 e. The SMILES string of the molecule is CC(C)[C@@H]1CN(Cc2ccc(C(=O)O)cc2)C[C@H]1N(C)C. The van der Waals surface area contributed by atoms with Gasteiger partial charge in [-0.25, -0.2) is 4.79 Å². The van der Waals surface area contributed by atoms with Gasteiger partial charge in [0.2, 0.25) is 0 Å². The van der Waals surface area contributed by atoms with E-state index in [9.17, 15) is 4.79 Å². The molecule has 0 saturated carbocycles. The fourth-order valence-corrected chi connectivity index (χ4v) is 3.24. The third-order valence-electron chi connectivity index (χ3n) is 4.54. The first-order valence-electron chi connectivity index (χ1n) is 7.59. The maximum absolute atomic E-state index is 10.9. The number of likely N-dealkylation sites (tertiary alicyclic amines) is 1. The molecule has 0 amide bonds. The van der Waals surface area contributed by atoms with Gasteiger partial charge in [0.25, 0.3) is 0 Å². The van der Waals surface area contributed by atoms with Gasteiger partial charge in [-0.05, 0) is 43.6 Å². The van der Waals surface area contributed by atoms with Crippen LogP contribution in [0.5, 0.6) is 0 Å². The van der Waals surface area contributed by atoms with E-state index in [1.54, 1.807) is 12.1 Å². The number of likely N-dealkylation sites (N-methyl/N-ethyl adjacent to an activating group) is 1. The second kappa shape index (κ2) is 6.58. The molecule has 0 unspecified atom stereocenters. The standard InChI is InChI=1S/C17H26N2O2/c1-12(2)15-10-19(11-16(15)18(3)4)9-13-5-7-14(8-6-13)17(20)21/h5-8,12,15-16H,9-11H2,1-4H3,(H,20,21)/t15-,16+/m0/s1. The van der Waals surface area contributed by atoms with E-state index in [4.69, 9.17) is 5.11 Å². The topological polar surface area (TPSA) is 43.8 Å². The van der Waals surface area contributed by atoms with Crippen molar-refractivity contribution in [2.24, 2.45) is 11.8 Å². The molecule has 0 aliphatic carbocycles. The van der Waals surface area contributed by atoms with E-state index >= 15 is 0 Å². The molecular weight excluding hydrogens is 264 g/mol. The molecule has 1 N–H and O–H groups in total. The fourth-order valence-electron chi connectivity index (χ4n) is 3.24. The number of carbonyl (C=O) groups is 1. The van der Waals surface area contributed by atoms with E-state index in [2.05, 4.69) is 37.7 Å². The van der Waals surface area contributed by atoms with Crippen molar-refractivity contribution in [2.45, 2.75) is 26.4 Å². The van der Waals surface area contributed by atoms with Gasteiger partial charge in [0, 0.05) is 25.7 Å². The number of carboxylic acids is 1. The zero-order chi connectivity index (χ0) is 15.6. The third-order valence-corrected chi connectivity index (χ3v) is 4.54. The summed E-state index contributed by atoms with van der Waals surface area (Å²) >= 11 is 0. The second-order valence-electron chi connectivity index (χ2n) is 6.63. The number of rotatable bonds is 5. The largest absolute Gasteiger partial charge is 0.478 e. The van der Waals surface area contributed by atoms with Crippen molar-refractivity contribution in [2.75, 3.05) is 27.2 Å². The van der Waals surface area contributed by atoms with E-state index in [0.29, 0.717) is 23.4 Å². The molecular formula is C17H26N2O2. The molecule has 2 rings (SSSR count). The van der Waals surface area contributed by atoms with Crippen LogP contribution in [-0.4, -0.2) is 54.1 Å². The highest BCUT2D eigenvalue weighted by Gasteiger charge is 2.35. The Morgan fingerprint density at radius 2 is 1.90 bits per heavy atom. The van der Waals surface area contributed by atoms with Gasteiger partial charge in [-0.2, -0.15) is 0 Å². The molecule has 4 heteroatoms. The van der Waals surface area contributed by atoms with Crippen molar-refractivity contribution < 1.29 is 9.90 Å². The van der Waals surface area contributed by atoms with Crippen molar-refractivity contribution in [3.05, 3.63) is 35.4 Å². The van der Waals surface area contributed by atoms with Gasteiger partial charge in [-0.1, -0.05) is 26.0 Å². The number of hydrogen-bond donors (Lipinski definition) is 1. The van der Waals surface area contributed by atoms with E-state index in [-0.39, 0.29) is 0 Å². The first-order valence-corrected chi connectivity index (χ1v) is 7.59. The van der Waals surface area contributed by atoms with Crippen LogP contribution in [0.15, 0.2) is 24.3 Å². The number of carboxylic acid groups (broad SMARTS) is 1. The third kappa shape index (κ3) is 3.83. The second-order valence-corrected chi connectivity index (χ2v) is 6.63. The highest BCUT2D eigenvalue weighted by atomic mass is 16.4. The van der Waals surface area contributed by atoms with E-state index in [1.165, 1.54) is 5.56 Å². The lowest BCUT2D eigenvalue weighted by atomic mass is 9.91. The van der Waals surface area contributed by atoms with Crippen LogP contribution in [0.1, 0.15) is 29.8 Å². The molecule has 0 aromatic heterocycles. The average Bonchev–Trinajstić information content (AvgIpc) is 2.83. The summed E-state index contributed by atoms with van der Waals surface area (Å²) < 4.78 is 0. The monoisotopic (exact) mass is 290 g/mol. The number of hydrogen-bond acceptors (Lipinski definition) is 3. The normalized spacial score (nSPS) is 23.1. The Balaban J connectivity index is 2.02. The van der Waals surface area contributed by atoms with Crippen LogP contribution < -0.4 is 0 Å². The molecule has 0 radical (unpaired) electrons. The van der Waals surface area contributed by atoms with E-state index in [0.717, 1.165) is 19.6 Å². The summed E-state index contributed by atoms with van der Waals surface area (Å²) in [6, 6.07) is 7.84. The van der Waals surface area contributed by atoms with Gasteiger partial charge < -0.3 is 10.0 Å². The predicted molar refractivity (Wildman–Crippen MR) is 84.5 cm³/mol. The maximum Gasteiger partial charge on any atom is 0.335 e. The summed E-state index contributed by atoms with van der Waals surface area (Å²) in [5, 5.41) is 8.94. The quantitative estimate of drug-likeness (QED) is 0.904. The van der Waals surface area contributed by atoms with Crippen molar-refractivity contribution in [3.8, 4) is 0 Å². The van der Waals surface area contributed by atoms with Crippen molar-refractivity contribution >= 4 is 5.97 Å². The maximum atomic E-state index is 10.9. The smallest absolute Gasteiger partial charge is 0.335 e. The van der Waals surface area contributed by atoms with E-state index < -0.39 is 5.97 Å². The lowest BCUT2D eigenvalue weighted by Gasteiger charge is -2.27. The van der Waals surface area contributed by atoms with Crippen molar-refractivity contribution in [1.29, 1.82) is 0 Å². The number of aromatic carboxylic acids is 1. The molecule has 21 heavy (non-hydrogen) atoms. The summed E-state index contributed by atoms with van der Waals surface area (Å²) in [5.74, 6) is 0.505. The van der Waals surface area contributed by atoms with Crippen LogP contribution in [-0.2, 0) is 6.54 Å². The molecule has 0 spiro atoms. The van der Waals surface area contributed by atoms with Gasteiger partial charge in [-0.3, -0.25) is 4.90 Å². The number of nitrogens with zero attached hydrogens (tertiary/aromatic N) is 2. The molecule has 1 aliphatic heterocycles. The van der Waals surface area contributed by atoms with Gasteiger partial charge in [0.05, 0.1) is 5.56 Å². The first kappa shape index (κ1) is 16.0. The first-order chi connectivity index (χ1) is 9.88. The summed E-state index contributed by atoms with van der Waals surface area (Å²) in [5.41, 5.74) is 1.54. The highest BCUT2D eigenvalue weighted by molar-refractivity contribution is 5.87. The Morgan fingerprint density at radius 1 is 1.29 bits per heavy atom. The summed E-state index contributed by atoms with van der Waals surface area (Å²) in [6.45, 7) is 7.68. The molecule has 0 bridgehead atoms. The van der Waals surface area contributed by atoms with Crippen molar-refractivity contribution in [3.63, 3.8) is 0 Å². The predicted octanol–water partition coefficient (Wildman–Crippen LogP) is 2.40. The molecule has 1 aliphatic rings. The lowest BCUT2D eigenvalue weighted by Crippen LogP contribution is -2.37. The molecule has 1 heterocycles. The fraction of sp³-hybridized carbons (Fsp3) is 0.588. The minimum absolute atomic E-state index is 0.353. The van der Waals surface area contributed by atoms with Gasteiger partial charge in [-0.15, -0.1) is 0 Å². The molecule has 1 saturated heterocycles. The van der Waals surface area contributed by atoms with Crippen molar-refractivity contribution in [1.82, 2.24) is 9.80 Å². The van der Waals surface area contributed by atoms with Crippen LogP contribution in [0.25, 0.3) is 0 Å². The molecule has 1 aromatic carbocycles. The molecule has 1 fully saturated rings. The zero-order valence-corrected chi connectivity index (χ0v) is 13.4. The van der Waals surface area contributed by atoms with E-state index in [1.807, 2.05) is 12.1 Å². The Bertz CT molecular complexity index is 466. The van der Waals surface area contributed by atoms with Crippen LogP contribution >= 0.6 is 0 Å². The Hall–Kier alpha value is -1.39. The van der Waals surface area contributed by atoms with Gasteiger partial charge in [0.15, 0.2) is 0 Å². The Kier molecular flexibility index (Phi) is 5.01. The highest BCUT2D eigenvalue weighted by Crippen LogP contribution is 2.28. The number of benzene rings is 1. The van der Waals surface area contributed by atoms with Crippen LogP contribution in [0, 0.1) is 11.8 Å². The summed E-state index contributed by atoms with van der Waals surface area (Å²) in [6.07, 6.45) is 0. The molecule has 1 aromatic rings. The Morgan fingerprint density at radius 3 is 2.33 bits per heavy atom. The Labute approximate surface area is 127 Å². The van der Waals surface area contributed by atoms with Gasteiger partial charge >= 0.3 is 5.97 Å².